The number of fused-ring (bicyclic) bond motifs is 1. The third kappa shape index (κ3) is 3.74. The topological polar surface area (TPSA) is 113 Å². The van der Waals surface area contributed by atoms with Gasteiger partial charge in [-0.05, 0) is 30.7 Å². The molecular formula is C23H21N5O4. The number of carbonyl (C=O) groups is 1. The quantitative estimate of drug-likeness (QED) is 0.511. The number of nitrogens with one attached hydrogen (secondary N) is 1. The summed E-state index contributed by atoms with van der Waals surface area (Å²) in [5, 5.41) is 18.3. The molecule has 1 aliphatic rings. The number of H-pyrrole nitrogens is 1. The van der Waals surface area contributed by atoms with E-state index in [1.165, 1.54) is 16.8 Å². The van der Waals surface area contributed by atoms with Crippen LogP contribution in [-0.4, -0.2) is 57.4 Å². The number of carboxylic acids is 1. The number of pyridine rings is 1. The van der Waals surface area contributed by atoms with Crippen molar-refractivity contribution in [2.45, 2.75) is 6.42 Å². The van der Waals surface area contributed by atoms with Crippen molar-refractivity contribution in [1.29, 1.82) is 0 Å². The Bertz CT molecular complexity index is 1350. The number of carboxylic acid groups (broad SMARTS) is 1. The molecule has 3 heterocycles. The minimum Gasteiger partial charge on any atom is -0.478 e. The van der Waals surface area contributed by atoms with Crippen LogP contribution in [0.25, 0.3) is 27.8 Å². The van der Waals surface area contributed by atoms with Gasteiger partial charge in [0.15, 0.2) is 5.43 Å². The summed E-state index contributed by atoms with van der Waals surface area (Å²) in [5.74, 6) is -0.257. The molecule has 2 N–H and O–H groups in total. The summed E-state index contributed by atoms with van der Waals surface area (Å²) in [6.07, 6.45) is 2.62. The number of hydrogen-bond acceptors (Lipinski definition) is 6. The first kappa shape index (κ1) is 20.0. The van der Waals surface area contributed by atoms with Crippen molar-refractivity contribution in [3.05, 3.63) is 70.5 Å². The first-order valence-corrected chi connectivity index (χ1v) is 10.4. The average molecular weight is 431 g/mol. The fourth-order valence-corrected chi connectivity index (χ4v) is 3.92. The van der Waals surface area contributed by atoms with E-state index in [1.54, 1.807) is 30.5 Å². The fourth-order valence-electron chi connectivity index (χ4n) is 3.92. The van der Waals surface area contributed by atoms with Crippen LogP contribution in [-0.2, 0) is 4.74 Å². The van der Waals surface area contributed by atoms with Crippen LogP contribution >= 0.6 is 0 Å². The summed E-state index contributed by atoms with van der Waals surface area (Å²) in [6, 6.07) is 13.6. The van der Waals surface area contributed by atoms with Gasteiger partial charge in [-0.3, -0.25) is 4.79 Å². The lowest BCUT2D eigenvalue weighted by molar-refractivity contribution is 0.0697. The first-order valence-electron chi connectivity index (χ1n) is 10.4. The van der Waals surface area contributed by atoms with Crippen LogP contribution in [0, 0.1) is 0 Å². The van der Waals surface area contributed by atoms with E-state index in [0.29, 0.717) is 42.0 Å². The maximum atomic E-state index is 12.9. The van der Waals surface area contributed by atoms with E-state index in [0.717, 1.165) is 24.3 Å². The molecule has 0 bridgehead atoms. The van der Waals surface area contributed by atoms with Gasteiger partial charge in [0.25, 0.3) is 0 Å². The van der Waals surface area contributed by atoms with Gasteiger partial charge in [0.05, 0.1) is 29.6 Å². The van der Waals surface area contributed by atoms with Gasteiger partial charge >= 0.3 is 5.97 Å². The molecule has 0 aliphatic carbocycles. The van der Waals surface area contributed by atoms with Crippen molar-refractivity contribution in [2.24, 2.45) is 0 Å². The van der Waals surface area contributed by atoms with Crippen molar-refractivity contribution >= 4 is 22.7 Å². The molecule has 0 amide bonds. The van der Waals surface area contributed by atoms with E-state index in [-0.39, 0.29) is 11.0 Å². The van der Waals surface area contributed by atoms with Gasteiger partial charge in [-0.15, -0.1) is 5.10 Å². The smallest absolute Gasteiger partial charge is 0.335 e. The van der Waals surface area contributed by atoms with Crippen LogP contribution in [0.1, 0.15) is 16.8 Å². The van der Waals surface area contributed by atoms with E-state index in [9.17, 15) is 14.7 Å². The second kappa shape index (κ2) is 8.27. The Kier molecular flexibility index (Phi) is 5.16. The highest BCUT2D eigenvalue weighted by Gasteiger charge is 2.16. The minimum absolute atomic E-state index is 0.0673. The zero-order chi connectivity index (χ0) is 22.1. The Balaban J connectivity index is 1.58. The third-order valence-electron chi connectivity index (χ3n) is 5.54. The molecule has 5 rings (SSSR count). The molecule has 4 aromatic rings. The number of nitrogens with zero attached hydrogens (tertiary/aromatic N) is 4. The second-order valence-corrected chi connectivity index (χ2v) is 7.60. The summed E-state index contributed by atoms with van der Waals surface area (Å²) in [6.45, 7) is 2.84. The Morgan fingerprint density at radius 3 is 2.84 bits per heavy atom. The highest BCUT2D eigenvalue weighted by atomic mass is 16.5. The maximum Gasteiger partial charge on any atom is 0.335 e. The molecule has 162 valence electrons. The molecule has 0 atom stereocenters. The summed E-state index contributed by atoms with van der Waals surface area (Å²) in [5.41, 5.74) is 2.69. The predicted octanol–water partition coefficient (Wildman–Crippen LogP) is 2.70. The Morgan fingerprint density at radius 2 is 1.97 bits per heavy atom. The third-order valence-corrected chi connectivity index (χ3v) is 5.54. The number of benzene rings is 2. The molecule has 0 spiro atoms. The van der Waals surface area contributed by atoms with Crippen LogP contribution in [0.15, 0.2) is 59.5 Å². The van der Waals surface area contributed by atoms with E-state index >= 15 is 0 Å². The van der Waals surface area contributed by atoms with E-state index in [1.807, 2.05) is 12.1 Å². The van der Waals surface area contributed by atoms with Gasteiger partial charge in [-0.1, -0.05) is 23.4 Å². The lowest BCUT2D eigenvalue weighted by atomic mass is 10.1. The van der Waals surface area contributed by atoms with Crippen molar-refractivity contribution in [2.75, 3.05) is 31.2 Å². The van der Waals surface area contributed by atoms with Crippen LogP contribution in [0.5, 0.6) is 0 Å². The molecule has 2 aromatic heterocycles. The van der Waals surface area contributed by atoms with Crippen LogP contribution in [0.2, 0.25) is 0 Å². The standard InChI is InChI=1S/C23H21N5O4/c29-20-13-21(27-8-3-10-32-11-9-27)24-22-17(6-2-7-18(20)22)19-14-28(26-25-19)16-5-1-4-15(12-16)23(30)31/h1-2,4-7,12-14H,3,8-11H2,(H,24,29)(H,30,31). The van der Waals surface area contributed by atoms with Crippen molar-refractivity contribution in [3.8, 4) is 16.9 Å². The molecule has 0 saturated carbocycles. The van der Waals surface area contributed by atoms with Crippen molar-refractivity contribution in [3.63, 3.8) is 0 Å². The van der Waals surface area contributed by atoms with Crippen molar-refractivity contribution in [1.82, 2.24) is 20.0 Å². The Hall–Kier alpha value is -3.98. The summed E-state index contributed by atoms with van der Waals surface area (Å²) < 4.78 is 7.06. The van der Waals surface area contributed by atoms with Crippen LogP contribution in [0.4, 0.5) is 5.82 Å². The second-order valence-electron chi connectivity index (χ2n) is 7.60. The molecule has 1 fully saturated rings. The summed E-state index contributed by atoms with van der Waals surface area (Å²) in [4.78, 5) is 29.7. The van der Waals surface area contributed by atoms with Gasteiger partial charge in [-0.2, -0.15) is 0 Å². The predicted molar refractivity (Wildman–Crippen MR) is 120 cm³/mol. The average Bonchev–Trinajstić information content (AvgIpc) is 3.14. The monoisotopic (exact) mass is 431 g/mol. The first-order chi connectivity index (χ1) is 15.6. The molecule has 1 aliphatic heterocycles. The SMILES string of the molecule is O=C(O)c1cccc(-n2cc(-c3cccc4c(=O)cc(N5CCCOCC5)[nH]c34)nn2)c1. The Labute approximate surface area is 182 Å². The number of ether oxygens (including phenoxy) is 1. The van der Waals surface area contributed by atoms with E-state index in [2.05, 4.69) is 20.2 Å². The molecule has 2 aromatic carbocycles. The van der Waals surface area contributed by atoms with E-state index in [4.69, 9.17) is 4.74 Å². The number of rotatable bonds is 4. The molecular weight excluding hydrogens is 410 g/mol. The van der Waals surface area contributed by atoms with Gasteiger partial charge in [0, 0.05) is 36.7 Å². The van der Waals surface area contributed by atoms with E-state index < -0.39 is 5.97 Å². The van der Waals surface area contributed by atoms with Gasteiger partial charge in [-0.25, -0.2) is 9.48 Å². The van der Waals surface area contributed by atoms with Gasteiger partial charge in [0.1, 0.15) is 11.5 Å². The number of aromatic nitrogens is 4. The number of hydrogen-bond donors (Lipinski definition) is 2. The number of aromatic carboxylic acids is 1. The largest absolute Gasteiger partial charge is 0.478 e. The zero-order valence-electron chi connectivity index (χ0n) is 17.2. The highest BCUT2D eigenvalue weighted by molar-refractivity contribution is 5.93. The lowest BCUT2D eigenvalue weighted by Crippen LogP contribution is -2.28. The molecule has 9 nitrogen and oxygen atoms in total. The van der Waals surface area contributed by atoms with Crippen LogP contribution < -0.4 is 10.3 Å². The fraction of sp³-hybridized carbons (Fsp3) is 0.217. The van der Waals surface area contributed by atoms with Gasteiger partial charge < -0.3 is 19.7 Å². The highest BCUT2D eigenvalue weighted by Crippen LogP contribution is 2.27. The normalized spacial score (nSPS) is 14.4. The minimum atomic E-state index is -1.01. The van der Waals surface area contributed by atoms with Crippen LogP contribution in [0.3, 0.4) is 0 Å². The zero-order valence-corrected chi connectivity index (χ0v) is 17.2. The lowest BCUT2D eigenvalue weighted by Gasteiger charge is -2.22. The maximum absolute atomic E-state index is 12.9. The number of aromatic amines is 1. The Morgan fingerprint density at radius 1 is 1.09 bits per heavy atom. The van der Waals surface area contributed by atoms with Crippen molar-refractivity contribution < 1.29 is 14.6 Å². The molecule has 9 heteroatoms. The molecule has 32 heavy (non-hydrogen) atoms. The molecule has 0 unspecified atom stereocenters. The molecule has 0 radical (unpaired) electrons. The number of para-hydroxylation sites is 1. The summed E-state index contributed by atoms with van der Waals surface area (Å²) in [7, 11) is 0. The summed E-state index contributed by atoms with van der Waals surface area (Å²) >= 11 is 0. The number of anilines is 1. The molecule has 1 saturated heterocycles. The van der Waals surface area contributed by atoms with Gasteiger partial charge in [0.2, 0.25) is 0 Å².